The maximum atomic E-state index is 9.51. The molecule has 13 heavy (non-hydrogen) atoms. The number of aromatic hydroxyl groups is 1. The number of anilines is 2. The lowest BCUT2D eigenvalue weighted by Crippen LogP contribution is -1.94. The van der Waals surface area contributed by atoms with E-state index in [1.807, 2.05) is 0 Å². The van der Waals surface area contributed by atoms with E-state index in [1.165, 1.54) is 18.6 Å². The number of nitrogens with two attached hydrogens (primary N) is 2. The van der Waals surface area contributed by atoms with Crippen molar-refractivity contribution in [3.05, 3.63) is 18.6 Å². The minimum absolute atomic E-state index is 0.0494. The van der Waals surface area contributed by atoms with Crippen molar-refractivity contribution in [3.8, 4) is 5.75 Å². The number of aromatic nitrogens is 2. The molecule has 5 heteroatoms. The summed E-state index contributed by atoms with van der Waals surface area (Å²) in [4.78, 5) is 7.68. The Morgan fingerprint density at radius 3 is 2.77 bits per heavy atom. The van der Waals surface area contributed by atoms with Crippen LogP contribution in [0.4, 0.5) is 11.4 Å². The van der Waals surface area contributed by atoms with E-state index in [1.54, 1.807) is 0 Å². The van der Waals surface area contributed by atoms with E-state index in [4.69, 9.17) is 11.5 Å². The van der Waals surface area contributed by atoms with Crippen LogP contribution in [0.2, 0.25) is 0 Å². The summed E-state index contributed by atoms with van der Waals surface area (Å²) in [6.45, 7) is 0. The smallest absolute Gasteiger partial charge is 0.165 e. The van der Waals surface area contributed by atoms with Gasteiger partial charge in [0.1, 0.15) is 11.8 Å². The molecule has 0 saturated carbocycles. The molecule has 66 valence electrons. The number of benzene rings is 1. The standard InChI is InChI=1S/C8H8N4O/c9-5-1-6(10)8(13)7-4(5)2-11-3-12-7/h1-3,13H,9-10H2. The quantitative estimate of drug-likeness (QED) is 0.308. The Morgan fingerprint density at radius 1 is 1.23 bits per heavy atom. The Kier molecular flexibility index (Phi) is 1.45. The van der Waals surface area contributed by atoms with Crippen LogP contribution in [0, 0.1) is 0 Å². The first-order valence-corrected chi connectivity index (χ1v) is 3.67. The Morgan fingerprint density at radius 2 is 2.00 bits per heavy atom. The zero-order valence-corrected chi connectivity index (χ0v) is 6.73. The van der Waals surface area contributed by atoms with Crippen molar-refractivity contribution in [1.82, 2.24) is 9.97 Å². The fourth-order valence-electron chi connectivity index (χ4n) is 1.18. The molecule has 0 unspecified atom stereocenters. The summed E-state index contributed by atoms with van der Waals surface area (Å²) in [6.07, 6.45) is 2.87. The van der Waals surface area contributed by atoms with Gasteiger partial charge in [-0.05, 0) is 6.07 Å². The van der Waals surface area contributed by atoms with Gasteiger partial charge in [0.05, 0.1) is 5.69 Å². The maximum Gasteiger partial charge on any atom is 0.165 e. The van der Waals surface area contributed by atoms with E-state index < -0.39 is 0 Å². The summed E-state index contributed by atoms with van der Waals surface area (Å²) in [7, 11) is 0. The number of hydrogen-bond donors (Lipinski definition) is 3. The zero-order chi connectivity index (χ0) is 9.42. The zero-order valence-electron chi connectivity index (χ0n) is 6.73. The van der Waals surface area contributed by atoms with Crippen LogP contribution in [0.1, 0.15) is 0 Å². The number of phenolic OH excluding ortho intramolecular Hbond substituents is 1. The predicted octanol–water partition coefficient (Wildman–Crippen LogP) is 0.500. The van der Waals surface area contributed by atoms with Gasteiger partial charge in [-0.15, -0.1) is 0 Å². The third-order valence-electron chi connectivity index (χ3n) is 1.83. The molecule has 2 aromatic rings. The highest BCUT2D eigenvalue weighted by molar-refractivity contribution is 5.97. The van der Waals surface area contributed by atoms with E-state index in [9.17, 15) is 5.11 Å². The second-order valence-electron chi connectivity index (χ2n) is 2.69. The molecular weight excluding hydrogens is 168 g/mol. The molecule has 1 aromatic heterocycles. The topological polar surface area (TPSA) is 98.1 Å². The molecule has 5 N–H and O–H groups in total. The number of hydrogen-bond acceptors (Lipinski definition) is 5. The van der Waals surface area contributed by atoms with Crippen LogP contribution >= 0.6 is 0 Å². The van der Waals surface area contributed by atoms with Crippen LogP contribution in [0.15, 0.2) is 18.6 Å². The molecule has 1 heterocycles. The van der Waals surface area contributed by atoms with Crippen molar-refractivity contribution >= 4 is 22.3 Å². The Labute approximate surface area is 74.0 Å². The molecule has 0 aliphatic carbocycles. The van der Waals surface area contributed by atoms with Gasteiger partial charge in [-0.1, -0.05) is 0 Å². The number of fused-ring (bicyclic) bond motifs is 1. The van der Waals surface area contributed by atoms with Crippen LogP contribution in [0.3, 0.4) is 0 Å². The highest BCUT2D eigenvalue weighted by Gasteiger charge is 2.07. The first kappa shape index (κ1) is 7.60. The summed E-state index contributed by atoms with van der Waals surface area (Å²) in [5.74, 6) is -0.0494. The molecule has 0 spiro atoms. The summed E-state index contributed by atoms with van der Waals surface area (Å²) in [5, 5.41) is 10.1. The summed E-state index contributed by atoms with van der Waals surface area (Å²) in [6, 6.07) is 1.49. The van der Waals surface area contributed by atoms with Gasteiger partial charge in [-0.2, -0.15) is 0 Å². The van der Waals surface area contributed by atoms with Crippen molar-refractivity contribution < 1.29 is 5.11 Å². The van der Waals surface area contributed by atoms with Crippen LogP contribution in [0.5, 0.6) is 5.75 Å². The highest BCUT2D eigenvalue weighted by Crippen LogP contribution is 2.32. The lowest BCUT2D eigenvalue weighted by Gasteiger charge is -2.04. The van der Waals surface area contributed by atoms with Gasteiger partial charge in [0.15, 0.2) is 5.75 Å². The molecule has 5 nitrogen and oxygen atoms in total. The monoisotopic (exact) mass is 176 g/mol. The third-order valence-corrected chi connectivity index (χ3v) is 1.83. The first-order chi connectivity index (χ1) is 6.20. The molecule has 0 amide bonds. The summed E-state index contributed by atoms with van der Waals surface area (Å²) >= 11 is 0. The molecule has 0 atom stereocenters. The third kappa shape index (κ3) is 1.01. The maximum absolute atomic E-state index is 9.51. The Balaban J connectivity index is 2.97. The largest absolute Gasteiger partial charge is 0.504 e. The van der Waals surface area contributed by atoms with Crippen molar-refractivity contribution in [2.75, 3.05) is 11.5 Å². The second kappa shape index (κ2) is 2.48. The Bertz CT molecular complexity index is 469. The number of nitrogen functional groups attached to an aromatic ring is 2. The molecule has 0 aliphatic heterocycles. The van der Waals surface area contributed by atoms with Gasteiger partial charge >= 0.3 is 0 Å². The number of phenols is 1. The fraction of sp³-hybridized carbons (Fsp3) is 0. The molecule has 0 aliphatic rings. The normalized spacial score (nSPS) is 10.5. The van der Waals surface area contributed by atoms with E-state index in [0.717, 1.165) is 0 Å². The minimum atomic E-state index is -0.0494. The molecule has 1 aromatic carbocycles. The molecule has 0 bridgehead atoms. The van der Waals surface area contributed by atoms with Gasteiger partial charge in [-0.3, -0.25) is 0 Å². The molecule has 0 radical (unpaired) electrons. The second-order valence-corrected chi connectivity index (χ2v) is 2.69. The lowest BCUT2D eigenvalue weighted by molar-refractivity contribution is 0.483. The molecule has 0 saturated heterocycles. The number of rotatable bonds is 0. The number of nitrogens with zero attached hydrogens (tertiary/aromatic N) is 2. The van der Waals surface area contributed by atoms with Crippen LogP contribution < -0.4 is 11.5 Å². The van der Waals surface area contributed by atoms with Gasteiger partial charge in [0.2, 0.25) is 0 Å². The van der Waals surface area contributed by atoms with Crippen LogP contribution in [0.25, 0.3) is 10.9 Å². The van der Waals surface area contributed by atoms with Crippen LogP contribution in [-0.4, -0.2) is 15.1 Å². The van der Waals surface area contributed by atoms with Crippen molar-refractivity contribution in [2.45, 2.75) is 0 Å². The van der Waals surface area contributed by atoms with E-state index >= 15 is 0 Å². The van der Waals surface area contributed by atoms with Crippen molar-refractivity contribution in [1.29, 1.82) is 0 Å². The summed E-state index contributed by atoms with van der Waals surface area (Å²) < 4.78 is 0. The minimum Gasteiger partial charge on any atom is -0.504 e. The van der Waals surface area contributed by atoms with Gasteiger partial charge in [0, 0.05) is 17.3 Å². The average Bonchev–Trinajstić information content (AvgIpc) is 2.15. The molecule has 2 rings (SSSR count). The molecular formula is C8H8N4O. The van der Waals surface area contributed by atoms with Crippen molar-refractivity contribution in [3.63, 3.8) is 0 Å². The highest BCUT2D eigenvalue weighted by atomic mass is 16.3. The summed E-state index contributed by atoms with van der Waals surface area (Å²) in [5.41, 5.74) is 12.2. The van der Waals surface area contributed by atoms with E-state index in [2.05, 4.69) is 9.97 Å². The van der Waals surface area contributed by atoms with Gasteiger partial charge in [0.25, 0.3) is 0 Å². The molecule has 0 fully saturated rings. The average molecular weight is 176 g/mol. The lowest BCUT2D eigenvalue weighted by atomic mass is 10.2. The van der Waals surface area contributed by atoms with Crippen molar-refractivity contribution in [2.24, 2.45) is 0 Å². The van der Waals surface area contributed by atoms with Crippen LogP contribution in [-0.2, 0) is 0 Å². The first-order valence-electron chi connectivity index (χ1n) is 3.67. The predicted molar refractivity (Wildman–Crippen MR) is 50.0 cm³/mol. The van der Waals surface area contributed by atoms with E-state index in [-0.39, 0.29) is 11.4 Å². The van der Waals surface area contributed by atoms with Gasteiger partial charge < -0.3 is 16.6 Å². The SMILES string of the molecule is Nc1cc(N)c2cncnc2c1O. The fourth-order valence-corrected chi connectivity index (χ4v) is 1.18. The van der Waals surface area contributed by atoms with E-state index in [0.29, 0.717) is 16.6 Å². The Hall–Kier alpha value is -2.04. The van der Waals surface area contributed by atoms with Gasteiger partial charge in [-0.25, -0.2) is 9.97 Å².